The zero-order valence-electron chi connectivity index (χ0n) is 19.1. The maximum Gasteiger partial charge on any atom is 0.266 e. The van der Waals surface area contributed by atoms with Gasteiger partial charge in [-0.2, -0.15) is 5.26 Å². The van der Waals surface area contributed by atoms with E-state index in [0.717, 1.165) is 9.13 Å². The van der Waals surface area contributed by atoms with Gasteiger partial charge in [0, 0.05) is 0 Å². The van der Waals surface area contributed by atoms with Crippen molar-refractivity contribution in [2.45, 2.75) is 27.4 Å². The second-order valence-corrected chi connectivity index (χ2v) is 9.22. The van der Waals surface area contributed by atoms with E-state index in [1.165, 1.54) is 17.2 Å². The molecular weight excluding hydrogens is 563 g/mol. The van der Waals surface area contributed by atoms with Crippen molar-refractivity contribution in [2.75, 3.05) is 11.9 Å². The molecule has 0 radical (unpaired) electrons. The number of hydrogen-bond acceptors (Lipinski definition) is 4. The highest BCUT2D eigenvalue weighted by atomic mass is 127. The fraction of sp³-hybridized carbons (Fsp3) is 0.185. The lowest BCUT2D eigenvalue weighted by Gasteiger charge is -2.15. The molecule has 1 N–H and O–H groups in total. The van der Waals surface area contributed by atoms with Crippen molar-refractivity contribution in [3.63, 3.8) is 0 Å². The molecule has 0 bridgehead atoms. The van der Waals surface area contributed by atoms with Gasteiger partial charge in [-0.3, -0.25) is 4.79 Å². The van der Waals surface area contributed by atoms with Gasteiger partial charge in [-0.15, -0.1) is 0 Å². The van der Waals surface area contributed by atoms with Crippen LogP contribution in [-0.4, -0.2) is 12.5 Å². The Kier molecular flexibility index (Phi) is 8.97. The van der Waals surface area contributed by atoms with Crippen molar-refractivity contribution in [1.29, 1.82) is 5.26 Å². The lowest BCUT2D eigenvalue weighted by Crippen LogP contribution is -2.13. The maximum atomic E-state index is 12.7. The van der Waals surface area contributed by atoms with Gasteiger partial charge in [0.2, 0.25) is 0 Å². The van der Waals surface area contributed by atoms with Crippen molar-refractivity contribution >= 4 is 51.9 Å². The number of carbonyl (C=O) groups excluding carboxylic acids is 1. The summed E-state index contributed by atoms with van der Waals surface area (Å²) in [5.41, 5.74) is 4.47. The molecule has 0 fully saturated rings. The summed E-state index contributed by atoms with van der Waals surface area (Å²) >= 11 is 8.28. The summed E-state index contributed by atoms with van der Waals surface area (Å²) < 4.78 is 12.8. The molecule has 0 aromatic heterocycles. The molecular formula is C27H24ClIN2O3. The molecule has 1 amide bonds. The number of aryl methyl sites for hydroxylation is 2. The summed E-state index contributed by atoms with van der Waals surface area (Å²) in [5.74, 6) is 0.630. The molecule has 3 rings (SSSR count). The first-order valence-electron chi connectivity index (χ1n) is 10.6. The fourth-order valence-electron chi connectivity index (χ4n) is 3.45. The van der Waals surface area contributed by atoms with E-state index in [9.17, 15) is 10.1 Å². The fourth-order valence-corrected chi connectivity index (χ4v) is 4.41. The monoisotopic (exact) mass is 586 g/mol. The summed E-state index contributed by atoms with van der Waals surface area (Å²) in [6, 6.07) is 18.7. The van der Waals surface area contributed by atoms with Crippen LogP contribution in [0.15, 0.2) is 60.2 Å². The summed E-state index contributed by atoms with van der Waals surface area (Å²) in [4.78, 5) is 12.7. The third-order valence-corrected chi connectivity index (χ3v) is 5.93. The molecule has 0 atom stereocenters. The Hall–Kier alpha value is -3.02. The van der Waals surface area contributed by atoms with Crippen molar-refractivity contribution in [1.82, 2.24) is 0 Å². The smallest absolute Gasteiger partial charge is 0.266 e. The second kappa shape index (κ2) is 11.9. The van der Waals surface area contributed by atoms with E-state index in [-0.39, 0.29) is 5.57 Å². The molecule has 0 saturated heterocycles. The van der Waals surface area contributed by atoms with E-state index >= 15 is 0 Å². The third kappa shape index (κ3) is 6.75. The standard InChI is InChI=1S/C27H24ClIN2O3/c1-4-33-25-14-19(12-21(15-30)27(32)31-24-8-6-5-7-22(24)28)13-23(29)26(25)34-16-20-10-17(2)9-18(3)11-20/h5-14H,4,16H2,1-3H3,(H,31,32)/b21-12+. The second-order valence-electron chi connectivity index (χ2n) is 7.65. The van der Waals surface area contributed by atoms with E-state index in [2.05, 4.69) is 60.0 Å². The van der Waals surface area contributed by atoms with E-state index in [1.807, 2.05) is 19.1 Å². The summed E-state index contributed by atoms with van der Waals surface area (Å²) in [6.45, 7) is 6.85. The molecule has 7 heteroatoms. The number of hydrogen-bond donors (Lipinski definition) is 1. The predicted molar refractivity (Wildman–Crippen MR) is 144 cm³/mol. The Labute approximate surface area is 218 Å². The first kappa shape index (κ1) is 25.6. The SMILES string of the molecule is CCOc1cc(/C=C(\C#N)C(=O)Nc2ccccc2Cl)cc(I)c1OCc1cc(C)cc(C)c1. The average Bonchev–Trinajstić information content (AvgIpc) is 2.78. The van der Waals surface area contributed by atoms with Crippen LogP contribution in [0.25, 0.3) is 6.08 Å². The van der Waals surface area contributed by atoms with Crippen molar-refractivity contribution in [3.05, 3.63) is 91.0 Å². The van der Waals surface area contributed by atoms with Gasteiger partial charge in [-0.1, -0.05) is 53.1 Å². The molecule has 0 aliphatic rings. The van der Waals surface area contributed by atoms with E-state index in [1.54, 1.807) is 30.3 Å². The maximum absolute atomic E-state index is 12.7. The molecule has 3 aromatic carbocycles. The average molecular weight is 587 g/mol. The topological polar surface area (TPSA) is 71.3 Å². The zero-order chi connectivity index (χ0) is 24.7. The number of nitriles is 1. The van der Waals surface area contributed by atoms with Crippen molar-refractivity contribution in [2.24, 2.45) is 0 Å². The van der Waals surface area contributed by atoms with Crippen LogP contribution < -0.4 is 14.8 Å². The Balaban J connectivity index is 1.86. The molecule has 5 nitrogen and oxygen atoms in total. The number of halogens is 2. The van der Waals surface area contributed by atoms with Crippen LogP contribution in [0.2, 0.25) is 5.02 Å². The van der Waals surface area contributed by atoms with Crippen LogP contribution in [0.5, 0.6) is 11.5 Å². The van der Waals surface area contributed by atoms with Crippen LogP contribution >= 0.6 is 34.2 Å². The van der Waals surface area contributed by atoms with Crippen LogP contribution in [-0.2, 0) is 11.4 Å². The van der Waals surface area contributed by atoms with Gasteiger partial charge in [0.1, 0.15) is 18.2 Å². The molecule has 3 aromatic rings. The first-order valence-corrected chi connectivity index (χ1v) is 12.1. The summed E-state index contributed by atoms with van der Waals surface area (Å²) in [7, 11) is 0. The molecule has 0 aliphatic carbocycles. The molecule has 0 heterocycles. The first-order chi connectivity index (χ1) is 16.3. The molecule has 0 saturated carbocycles. The normalized spacial score (nSPS) is 11.0. The number of ether oxygens (including phenoxy) is 2. The third-order valence-electron chi connectivity index (χ3n) is 4.79. The Morgan fingerprint density at radius 2 is 1.82 bits per heavy atom. The summed E-state index contributed by atoms with van der Waals surface area (Å²) in [5, 5.41) is 12.7. The Bertz CT molecular complexity index is 1260. The minimum absolute atomic E-state index is 0.0536. The van der Waals surface area contributed by atoms with Crippen molar-refractivity contribution in [3.8, 4) is 17.6 Å². The number of para-hydroxylation sites is 1. The molecule has 0 spiro atoms. The minimum atomic E-state index is -0.543. The van der Waals surface area contributed by atoms with Gasteiger partial charge in [0.05, 0.1) is 20.9 Å². The number of carbonyl (C=O) groups is 1. The van der Waals surface area contributed by atoms with Gasteiger partial charge < -0.3 is 14.8 Å². The van der Waals surface area contributed by atoms with E-state index in [4.69, 9.17) is 21.1 Å². The molecule has 174 valence electrons. The van der Waals surface area contributed by atoms with E-state index in [0.29, 0.717) is 41.0 Å². The number of anilines is 1. The van der Waals surface area contributed by atoms with Gasteiger partial charge in [0.25, 0.3) is 5.91 Å². The highest BCUT2D eigenvalue weighted by molar-refractivity contribution is 14.1. The van der Waals surface area contributed by atoms with Crippen LogP contribution in [0, 0.1) is 28.7 Å². The number of nitrogens with one attached hydrogen (secondary N) is 1. The molecule has 34 heavy (non-hydrogen) atoms. The highest BCUT2D eigenvalue weighted by Crippen LogP contribution is 2.35. The number of benzene rings is 3. The van der Waals surface area contributed by atoms with Gasteiger partial charge in [-0.25, -0.2) is 0 Å². The molecule has 0 unspecified atom stereocenters. The summed E-state index contributed by atoms with van der Waals surface area (Å²) in [6.07, 6.45) is 1.52. The van der Waals surface area contributed by atoms with Crippen LogP contribution in [0.1, 0.15) is 29.2 Å². The highest BCUT2D eigenvalue weighted by Gasteiger charge is 2.15. The van der Waals surface area contributed by atoms with Crippen LogP contribution in [0.3, 0.4) is 0 Å². The number of nitrogens with zero attached hydrogens (tertiary/aromatic N) is 1. The minimum Gasteiger partial charge on any atom is -0.490 e. The van der Waals surface area contributed by atoms with Gasteiger partial charge in [0.15, 0.2) is 11.5 Å². The Morgan fingerprint density at radius 3 is 2.47 bits per heavy atom. The zero-order valence-corrected chi connectivity index (χ0v) is 22.0. The van der Waals surface area contributed by atoms with Gasteiger partial charge in [-0.05, 0) is 84.8 Å². The van der Waals surface area contributed by atoms with Crippen molar-refractivity contribution < 1.29 is 14.3 Å². The predicted octanol–water partition coefficient (Wildman–Crippen LogP) is 7.08. The number of amides is 1. The largest absolute Gasteiger partial charge is 0.490 e. The molecule has 0 aliphatic heterocycles. The lowest BCUT2D eigenvalue weighted by molar-refractivity contribution is -0.112. The van der Waals surface area contributed by atoms with Gasteiger partial charge >= 0.3 is 0 Å². The quantitative estimate of drug-likeness (QED) is 0.174. The van der Waals surface area contributed by atoms with Crippen LogP contribution in [0.4, 0.5) is 5.69 Å². The van der Waals surface area contributed by atoms with E-state index < -0.39 is 5.91 Å². The number of rotatable bonds is 8. The Morgan fingerprint density at radius 1 is 1.12 bits per heavy atom. The lowest BCUT2D eigenvalue weighted by atomic mass is 10.1.